The zero-order valence-corrected chi connectivity index (χ0v) is 28.3. The molecular formula is C33H52N6O9. The summed E-state index contributed by atoms with van der Waals surface area (Å²) in [7, 11) is 0. The maximum atomic E-state index is 13.4. The minimum atomic E-state index is -1.01. The van der Waals surface area contributed by atoms with Gasteiger partial charge in [-0.1, -0.05) is 33.1 Å². The van der Waals surface area contributed by atoms with Crippen molar-refractivity contribution in [2.24, 2.45) is 17.6 Å². The maximum Gasteiger partial charge on any atom is 0.312 e. The quantitative estimate of drug-likeness (QED) is 0.0498. The number of Topliss-reactive ketones (excluding diaryl/α,β-unsaturated/α-hetero) is 2. The van der Waals surface area contributed by atoms with Crippen molar-refractivity contribution in [2.45, 2.75) is 110 Å². The van der Waals surface area contributed by atoms with Crippen LogP contribution < -0.4 is 27.0 Å². The molecule has 0 spiro atoms. The van der Waals surface area contributed by atoms with Crippen molar-refractivity contribution in [3.05, 3.63) is 12.2 Å². The lowest BCUT2D eigenvalue weighted by Gasteiger charge is -2.26. The molecular weight excluding hydrogens is 624 g/mol. The molecule has 15 heteroatoms. The van der Waals surface area contributed by atoms with E-state index in [1.54, 1.807) is 13.8 Å². The first kappa shape index (κ1) is 39.7. The molecule has 0 saturated carbocycles. The summed E-state index contributed by atoms with van der Waals surface area (Å²) in [5.74, 6) is -3.81. The third-order valence-corrected chi connectivity index (χ3v) is 7.87. The van der Waals surface area contributed by atoms with Crippen LogP contribution in [0, 0.1) is 11.8 Å². The monoisotopic (exact) mass is 677 g/mol. The van der Waals surface area contributed by atoms with Gasteiger partial charge in [-0.2, -0.15) is 0 Å². The van der Waals surface area contributed by atoms with E-state index in [1.165, 1.54) is 24.0 Å². The molecule has 0 aliphatic carbocycles. The molecule has 6 N–H and O–H groups in total. The van der Waals surface area contributed by atoms with E-state index in [-0.39, 0.29) is 49.3 Å². The molecule has 0 aromatic rings. The number of unbranched alkanes of at least 4 members (excludes halogenated alkanes) is 4. The normalized spacial score (nSPS) is 14.6. The lowest BCUT2D eigenvalue weighted by atomic mass is 9.89. The van der Waals surface area contributed by atoms with E-state index >= 15 is 0 Å². The number of hydrogen-bond acceptors (Lipinski definition) is 9. The van der Waals surface area contributed by atoms with Crippen molar-refractivity contribution < 1.29 is 44.5 Å². The average Bonchev–Trinajstić information content (AvgIpc) is 3.34. The van der Waals surface area contributed by atoms with Crippen molar-refractivity contribution in [3.63, 3.8) is 0 Å². The van der Waals surface area contributed by atoms with E-state index in [1.807, 2.05) is 0 Å². The Hall–Kier alpha value is -4.43. The van der Waals surface area contributed by atoms with Gasteiger partial charge in [0.15, 0.2) is 5.78 Å². The van der Waals surface area contributed by atoms with E-state index in [9.17, 15) is 43.2 Å². The summed E-state index contributed by atoms with van der Waals surface area (Å²) >= 11 is 0. The van der Waals surface area contributed by atoms with Crippen LogP contribution in [0.25, 0.3) is 0 Å². The second-order valence-corrected chi connectivity index (χ2v) is 12.3. The molecule has 1 aliphatic heterocycles. The average molecular weight is 678 g/mol. The van der Waals surface area contributed by atoms with Gasteiger partial charge in [0.05, 0.1) is 12.6 Å². The highest BCUT2D eigenvalue weighted by atomic mass is 16.2. The first-order chi connectivity index (χ1) is 23.1. The molecule has 1 heterocycles. The van der Waals surface area contributed by atoms with E-state index in [2.05, 4.69) is 21.3 Å². The van der Waals surface area contributed by atoms with Gasteiger partial charge in [0.1, 0.15) is 19.5 Å². The Bertz CT molecular complexity index is 1220. The predicted molar refractivity (Wildman–Crippen MR) is 176 cm³/mol. The Morgan fingerprint density at radius 3 is 2.04 bits per heavy atom. The minimum Gasteiger partial charge on any atom is -0.352 e. The Balaban J connectivity index is 2.61. The molecule has 0 aromatic heterocycles. The van der Waals surface area contributed by atoms with Gasteiger partial charge < -0.3 is 31.8 Å². The number of primary amides is 1. The number of nitrogens with one attached hydrogen (secondary N) is 4. The molecule has 15 nitrogen and oxygen atoms in total. The lowest BCUT2D eigenvalue weighted by molar-refractivity contribution is -0.137. The van der Waals surface area contributed by atoms with Gasteiger partial charge in [-0.05, 0) is 44.4 Å². The highest BCUT2D eigenvalue weighted by Gasteiger charge is 2.31. The van der Waals surface area contributed by atoms with Crippen LogP contribution in [-0.4, -0.2) is 90.0 Å². The third-order valence-electron chi connectivity index (χ3n) is 7.87. The van der Waals surface area contributed by atoms with E-state index in [4.69, 9.17) is 7.10 Å². The van der Waals surface area contributed by atoms with Crippen LogP contribution in [0.1, 0.15) is 99.2 Å². The van der Waals surface area contributed by atoms with Crippen LogP contribution in [0.2, 0.25) is 0 Å². The summed E-state index contributed by atoms with van der Waals surface area (Å²) in [6.45, 7) is 4.70. The molecule has 0 unspecified atom stereocenters. The van der Waals surface area contributed by atoms with E-state index < -0.39 is 60.3 Å². The SMILES string of the molecule is [2H]C(=O)CNC(=O)[C@H](CCCNC(N)=O)CC(=O)[C@@H](NC(=O)[C@H](CCCCCC(=O)CCCCCN1C(=O)C=CC1=O)NC(C)=O)C(C)C. The first-order valence-corrected chi connectivity index (χ1v) is 16.6. The minimum absolute atomic E-state index is 0.104. The van der Waals surface area contributed by atoms with Crippen molar-refractivity contribution in [3.8, 4) is 0 Å². The zero-order chi connectivity index (χ0) is 36.9. The molecule has 0 radical (unpaired) electrons. The summed E-state index contributed by atoms with van der Waals surface area (Å²) in [5.41, 5.74) is 5.07. The molecule has 1 aliphatic rings. The van der Waals surface area contributed by atoms with Crippen LogP contribution in [0.4, 0.5) is 4.79 Å². The number of carbonyl (C=O) groups is 9. The number of nitrogens with zero attached hydrogens (tertiary/aromatic N) is 1. The molecule has 0 aromatic carbocycles. The van der Waals surface area contributed by atoms with Crippen LogP contribution in [-0.2, 0) is 38.4 Å². The summed E-state index contributed by atoms with van der Waals surface area (Å²) in [4.78, 5) is 110. The smallest absolute Gasteiger partial charge is 0.312 e. The van der Waals surface area contributed by atoms with E-state index in [0.717, 1.165) is 0 Å². The van der Waals surface area contributed by atoms with Crippen molar-refractivity contribution in [1.29, 1.82) is 0 Å². The number of imide groups is 1. The number of amides is 7. The predicted octanol–water partition coefficient (Wildman–Crippen LogP) is 0.976. The largest absolute Gasteiger partial charge is 0.352 e. The molecule has 268 valence electrons. The van der Waals surface area contributed by atoms with Crippen LogP contribution >= 0.6 is 0 Å². The lowest BCUT2D eigenvalue weighted by Crippen LogP contribution is -2.53. The van der Waals surface area contributed by atoms with Crippen molar-refractivity contribution in [2.75, 3.05) is 19.6 Å². The number of hydrogen-bond donors (Lipinski definition) is 5. The fourth-order valence-electron chi connectivity index (χ4n) is 5.30. The van der Waals surface area contributed by atoms with Gasteiger partial charge in [0, 0.05) is 57.3 Å². The van der Waals surface area contributed by atoms with Gasteiger partial charge in [0.25, 0.3) is 11.8 Å². The number of rotatable bonds is 26. The molecule has 0 saturated heterocycles. The van der Waals surface area contributed by atoms with Gasteiger partial charge in [-0.15, -0.1) is 0 Å². The van der Waals surface area contributed by atoms with Gasteiger partial charge >= 0.3 is 6.03 Å². The number of urea groups is 1. The standard InChI is InChI=1S/C33H52N6O9/c1-22(2)30(27(43)21-24(31(46)35-18-20-40)11-10-17-36-33(34)48)38-32(47)26(37-23(3)41)14-8-4-6-12-25(42)13-7-5-9-19-39-28(44)15-16-29(39)45/h15-16,20,22,24,26,30H,4-14,17-19,21H2,1-3H3,(H,35,46)(H,37,41)(H,38,47)(H3,34,36,48)/t24-,26+,30+/m1/s1/i20D. The van der Waals surface area contributed by atoms with Crippen molar-refractivity contribution >= 4 is 53.4 Å². The Labute approximate surface area is 283 Å². The Morgan fingerprint density at radius 2 is 1.48 bits per heavy atom. The Kier molecular flexibility index (Phi) is 19.0. The molecule has 0 fully saturated rings. The summed E-state index contributed by atoms with van der Waals surface area (Å²) < 4.78 is 7.03. The van der Waals surface area contributed by atoms with Gasteiger partial charge in [0.2, 0.25) is 17.7 Å². The Morgan fingerprint density at radius 1 is 0.854 bits per heavy atom. The number of ketones is 2. The molecule has 7 amide bonds. The topological polar surface area (TPSA) is 231 Å². The first-order valence-electron chi connectivity index (χ1n) is 17.1. The summed E-state index contributed by atoms with van der Waals surface area (Å²) in [5, 5.41) is 10.1. The highest BCUT2D eigenvalue weighted by Crippen LogP contribution is 2.17. The second kappa shape index (κ2) is 23.0. The number of aldehydes is 1. The summed E-state index contributed by atoms with van der Waals surface area (Å²) in [6.07, 6.45) is 6.51. The molecule has 3 atom stereocenters. The summed E-state index contributed by atoms with van der Waals surface area (Å²) in [6, 6.07) is -2.64. The molecule has 1 rings (SSSR count). The molecule has 48 heavy (non-hydrogen) atoms. The van der Waals surface area contributed by atoms with E-state index in [0.29, 0.717) is 64.3 Å². The molecule has 0 bridgehead atoms. The fourth-order valence-corrected chi connectivity index (χ4v) is 5.30. The fraction of sp³-hybridized carbons (Fsp3) is 0.667. The van der Waals surface area contributed by atoms with Crippen molar-refractivity contribution in [1.82, 2.24) is 26.2 Å². The number of carbonyl (C=O) groups excluding carboxylic acids is 9. The number of nitrogens with two attached hydrogens (primary N) is 1. The van der Waals surface area contributed by atoms with Crippen LogP contribution in [0.5, 0.6) is 0 Å². The van der Waals surface area contributed by atoms with Crippen LogP contribution in [0.15, 0.2) is 12.2 Å². The van der Waals surface area contributed by atoms with Gasteiger partial charge in [-0.25, -0.2) is 4.79 Å². The van der Waals surface area contributed by atoms with Crippen LogP contribution in [0.3, 0.4) is 0 Å². The third kappa shape index (κ3) is 16.9. The zero-order valence-electron chi connectivity index (χ0n) is 29.3. The second-order valence-electron chi connectivity index (χ2n) is 12.3. The van der Waals surface area contributed by atoms with Gasteiger partial charge in [-0.3, -0.25) is 38.5 Å². The maximum absolute atomic E-state index is 13.4. The highest BCUT2D eigenvalue weighted by molar-refractivity contribution is 6.12.